The predicted molar refractivity (Wildman–Crippen MR) is 131 cm³/mol. The van der Waals surface area contributed by atoms with Crippen molar-refractivity contribution >= 4 is 0 Å². The lowest BCUT2D eigenvalue weighted by Gasteiger charge is -2.22. The topological polar surface area (TPSA) is 64.5 Å². The van der Waals surface area contributed by atoms with Crippen LogP contribution in [0, 0.1) is 31.4 Å². The number of hydrogen-bond acceptors (Lipinski definition) is 5. The van der Waals surface area contributed by atoms with Gasteiger partial charge in [0.25, 0.3) is 6.43 Å². The smallest absolute Gasteiger partial charge is 0.266 e. The fourth-order valence-corrected chi connectivity index (χ4v) is 4.58. The first-order valence-corrected chi connectivity index (χ1v) is 12.1. The summed E-state index contributed by atoms with van der Waals surface area (Å²) in [7, 11) is 0. The van der Waals surface area contributed by atoms with Gasteiger partial charge in [-0.2, -0.15) is 0 Å². The highest BCUT2D eigenvalue weighted by atomic mass is 19.3. The number of halogens is 4. The van der Waals surface area contributed by atoms with Gasteiger partial charge in [-0.25, -0.2) is 27.5 Å². The Balaban J connectivity index is 1.52. The first kappa shape index (κ1) is 26.9. The van der Waals surface area contributed by atoms with E-state index in [0.29, 0.717) is 28.6 Å². The van der Waals surface area contributed by atoms with Crippen molar-refractivity contribution in [3.8, 4) is 22.9 Å². The zero-order chi connectivity index (χ0) is 26.9. The third-order valence-corrected chi connectivity index (χ3v) is 6.68. The van der Waals surface area contributed by atoms with Crippen molar-refractivity contribution in [1.29, 1.82) is 0 Å². The second-order valence-corrected chi connectivity index (χ2v) is 10.0. The van der Waals surface area contributed by atoms with Crippen molar-refractivity contribution in [3.05, 3.63) is 70.0 Å². The van der Waals surface area contributed by atoms with Crippen LogP contribution in [-0.4, -0.2) is 33.7 Å². The van der Waals surface area contributed by atoms with Gasteiger partial charge in [0.15, 0.2) is 0 Å². The van der Waals surface area contributed by atoms with Crippen LogP contribution in [0.5, 0.6) is 11.8 Å². The number of fused-ring (bicyclic) bond motifs is 1. The number of alkyl halides is 2. The Morgan fingerprint density at radius 1 is 1.03 bits per heavy atom. The fraction of sp³-hybridized carbons (Fsp3) is 0.429. The Kier molecular flexibility index (Phi) is 7.73. The van der Waals surface area contributed by atoms with Gasteiger partial charge in [-0.15, -0.1) is 0 Å². The van der Waals surface area contributed by atoms with Gasteiger partial charge >= 0.3 is 0 Å². The summed E-state index contributed by atoms with van der Waals surface area (Å²) in [6.07, 6.45) is 0.514. The van der Waals surface area contributed by atoms with Crippen LogP contribution in [0.25, 0.3) is 11.1 Å². The van der Waals surface area contributed by atoms with Crippen molar-refractivity contribution in [3.63, 3.8) is 0 Å². The van der Waals surface area contributed by atoms with Crippen LogP contribution in [-0.2, 0) is 19.4 Å². The number of benzene rings is 1. The number of aryl methyl sites for hydroxylation is 2. The van der Waals surface area contributed by atoms with Gasteiger partial charge in [-0.3, -0.25) is 0 Å². The molecule has 1 N–H and O–H groups in total. The molecule has 37 heavy (non-hydrogen) atoms. The largest absolute Gasteiger partial charge is 0.478 e. The van der Waals surface area contributed by atoms with Gasteiger partial charge < -0.3 is 14.6 Å². The number of aliphatic hydroxyl groups is 1. The molecule has 3 aromatic rings. The van der Waals surface area contributed by atoms with Gasteiger partial charge in [-0.1, -0.05) is 6.92 Å². The Morgan fingerprint density at radius 2 is 1.76 bits per heavy atom. The number of rotatable bonds is 9. The van der Waals surface area contributed by atoms with Crippen LogP contribution in [0.2, 0.25) is 0 Å². The standard InChI is InChI=1S/C28H30F4N2O3/c1-15-7-18-11-24(33-13-19(18)8-15)37-14-20-10-21(23(30)12-22(20)29)26-16(2)9-25(34-17(26)3)36-6-5-28(4,35)27(31)32/h9-13,15,27,35H,5-8,14H2,1-4H3/t15-,28?/m0/s1. The van der Waals surface area contributed by atoms with Crippen LogP contribution < -0.4 is 9.47 Å². The molecule has 0 saturated carbocycles. The average Bonchev–Trinajstić information content (AvgIpc) is 3.18. The maximum absolute atomic E-state index is 14.9. The Morgan fingerprint density at radius 3 is 2.46 bits per heavy atom. The minimum absolute atomic E-state index is 0.128. The summed E-state index contributed by atoms with van der Waals surface area (Å²) in [5.41, 5.74) is 2.02. The molecule has 0 aliphatic heterocycles. The van der Waals surface area contributed by atoms with Gasteiger partial charge in [0.2, 0.25) is 11.8 Å². The first-order chi connectivity index (χ1) is 17.4. The molecular weight excluding hydrogens is 488 g/mol. The summed E-state index contributed by atoms with van der Waals surface area (Å²) < 4.78 is 66.4. The van der Waals surface area contributed by atoms with E-state index in [-0.39, 0.29) is 36.6 Å². The Labute approximate surface area is 213 Å². The number of aromatic nitrogens is 2. The summed E-state index contributed by atoms with van der Waals surface area (Å²) in [4.78, 5) is 8.62. The summed E-state index contributed by atoms with van der Waals surface area (Å²) in [5, 5.41) is 9.68. The molecule has 0 fully saturated rings. The molecule has 5 nitrogen and oxygen atoms in total. The van der Waals surface area contributed by atoms with Crippen molar-refractivity contribution in [2.45, 2.75) is 65.6 Å². The molecule has 0 bridgehead atoms. The molecule has 2 heterocycles. The van der Waals surface area contributed by atoms with E-state index in [1.54, 1.807) is 26.1 Å². The number of hydrogen-bond donors (Lipinski definition) is 1. The average molecular weight is 519 g/mol. The first-order valence-electron chi connectivity index (χ1n) is 12.1. The lowest BCUT2D eigenvalue weighted by atomic mass is 9.97. The number of ether oxygens (including phenoxy) is 2. The van der Waals surface area contributed by atoms with Crippen LogP contribution in [0.15, 0.2) is 30.5 Å². The quantitative estimate of drug-likeness (QED) is 0.345. The van der Waals surface area contributed by atoms with E-state index in [1.807, 2.05) is 6.07 Å². The van der Waals surface area contributed by atoms with Crippen molar-refractivity contribution in [2.24, 2.45) is 5.92 Å². The molecule has 1 aliphatic rings. The maximum Gasteiger partial charge on any atom is 0.266 e. The summed E-state index contributed by atoms with van der Waals surface area (Å²) in [5.74, 6) is -0.384. The highest BCUT2D eigenvalue weighted by Crippen LogP contribution is 2.33. The van der Waals surface area contributed by atoms with Gasteiger partial charge in [-0.05, 0) is 62.3 Å². The Bertz CT molecular complexity index is 1270. The molecule has 2 aromatic heterocycles. The number of pyridine rings is 2. The molecule has 198 valence electrons. The predicted octanol–water partition coefficient (Wildman–Crippen LogP) is 6.14. The maximum atomic E-state index is 14.9. The van der Waals surface area contributed by atoms with E-state index in [9.17, 15) is 22.7 Å². The van der Waals surface area contributed by atoms with E-state index < -0.39 is 23.7 Å². The SMILES string of the molecule is Cc1cc(OCCC(C)(O)C(F)F)nc(C)c1-c1cc(COc2cc3c(cn2)C[C@@H](C)C3)c(F)cc1F. The fourth-order valence-electron chi connectivity index (χ4n) is 4.58. The zero-order valence-electron chi connectivity index (χ0n) is 21.2. The minimum atomic E-state index is -2.91. The minimum Gasteiger partial charge on any atom is -0.478 e. The molecule has 1 unspecified atom stereocenters. The molecular formula is C28H30F4N2O3. The van der Waals surface area contributed by atoms with Crippen molar-refractivity contribution in [1.82, 2.24) is 9.97 Å². The van der Waals surface area contributed by atoms with E-state index >= 15 is 0 Å². The van der Waals surface area contributed by atoms with Crippen molar-refractivity contribution < 1.29 is 32.1 Å². The number of nitrogens with zero attached hydrogens (tertiary/aromatic N) is 2. The molecule has 4 rings (SSSR count). The summed E-state index contributed by atoms with van der Waals surface area (Å²) >= 11 is 0. The highest BCUT2D eigenvalue weighted by molar-refractivity contribution is 5.71. The summed E-state index contributed by atoms with van der Waals surface area (Å²) in [6.45, 7) is 6.28. The normalized spacial score (nSPS) is 16.5. The lowest BCUT2D eigenvalue weighted by molar-refractivity contribution is -0.0927. The molecule has 1 aliphatic carbocycles. The summed E-state index contributed by atoms with van der Waals surface area (Å²) in [6, 6.07) is 5.64. The molecule has 2 atom stereocenters. The van der Waals surface area contributed by atoms with Crippen LogP contribution in [0.3, 0.4) is 0 Å². The Hall–Kier alpha value is -3.20. The molecule has 0 spiro atoms. The van der Waals surface area contributed by atoms with E-state index in [1.165, 1.54) is 17.2 Å². The van der Waals surface area contributed by atoms with Gasteiger partial charge in [0, 0.05) is 53.2 Å². The van der Waals surface area contributed by atoms with Crippen LogP contribution in [0.4, 0.5) is 17.6 Å². The monoisotopic (exact) mass is 518 g/mol. The second kappa shape index (κ2) is 10.7. The molecule has 0 saturated heterocycles. The molecule has 0 amide bonds. The second-order valence-electron chi connectivity index (χ2n) is 10.0. The van der Waals surface area contributed by atoms with Gasteiger partial charge in [0.1, 0.15) is 23.8 Å². The lowest BCUT2D eigenvalue weighted by Crippen LogP contribution is -2.35. The highest BCUT2D eigenvalue weighted by Gasteiger charge is 2.32. The molecule has 1 aromatic carbocycles. The van der Waals surface area contributed by atoms with Crippen LogP contribution >= 0.6 is 0 Å². The molecule has 9 heteroatoms. The van der Waals surface area contributed by atoms with Crippen molar-refractivity contribution in [2.75, 3.05) is 6.61 Å². The van der Waals surface area contributed by atoms with E-state index in [2.05, 4.69) is 16.9 Å². The zero-order valence-corrected chi connectivity index (χ0v) is 21.2. The van der Waals surface area contributed by atoms with E-state index in [4.69, 9.17) is 9.47 Å². The third-order valence-electron chi connectivity index (χ3n) is 6.68. The van der Waals surface area contributed by atoms with Crippen LogP contribution in [0.1, 0.15) is 48.2 Å². The third kappa shape index (κ3) is 6.04. The van der Waals surface area contributed by atoms with Gasteiger partial charge in [0.05, 0.1) is 6.61 Å². The van der Waals surface area contributed by atoms with E-state index in [0.717, 1.165) is 25.8 Å². The molecule has 0 radical (unpaired) electrons.